The second-order valence-electron chi connectivity index (χ2n) is 6.21. The van der Waals surface area contributed by atoms with E-state index in [9.17, 15) is 4.79 Å². The first-order valence-corrected chi connectivity index (χ1v) is 8.10. The maximum Gasteiger partial charge on any atom is 0.256 e. The molecule has 1 amide bonds. The van der Waals surface area contributed by atoms with Gasteiger partial charge in [0.05, 0.1) is 17.9 Å². The van der Waals surface area contributed by atoms with E-state index in [0.29, 0.717) is 17.9 Å². The van der Waals surface area contributed by atoms with Crippen molar-refractivity contribution >= 4 is 17.1 Å². The number of aryl methyl sites for hydroxylation is 2. The normalized spacial score (nSPS) is 18.2. The van der Waals surface area contributed by atoms with Crippen LogP contribution in [-0.2, 0) is 7.05 Å². The van der Waals surface area contributed by atoms with Crippen LogP contribution in [0.5, 0.6) is 0 Å². The lowest BCUT2D eigenvalue weighted by Gasteiger charge is -2.34. The molecule has 8 nitrogen and oxygen atoms in total. The molecule has 1 fully saturated rings. The summed E-state index contributed by atoms with van der Waals surface area (Å²) in [5.41, 5.74) is 2.05. The summed E-state index contributed by atoms with van der Waals surface area (Å²) in [7, 11) is 1.88. The van der Waals surface area contributed by atoms with Crippen LogP contribution in [0.3, 0.4) is 0 Å². The van der Waals surface area contributed by atoms with E-state index in [1.54, 1.807) is 18.6 Å². The number of likely N-dealkylation sites (tertiary alicyclic amines) is 1. The van der Waals surface area contributed by atoms with E-state index >= 15 is 0 Å². The fourth-order valence-corrected chi connectivity index (χ4v) is 3.25. The molecule has 0 saturated carbocycles. The highest BCUT2D eigenvalue weighted by Gasteiger charge is 2.31. The number of aromatic amines is 1. The Labute approximate surface area is 138 Å². The van der Waals surface area contributed by atoms with Gasteiger partial charge < -0.3 is 9.47 Å². The number of rotatable bonds is 2. The molecule has 0 spiro atoms. The quantitative estimate of drug-likeness (QED) is 0.775. The molecule has 1 N–H and O–H groups in total. The van der Waals surface area contributed by atoms with E-state index in [1.165, 1.54) is 0 Å². The highest BCUT2D eigenvalue weighted by molar-refractivity contribution is 5.96. The fraction of sp³-hybridized carbons (Fsp3) is 0.438. The Morgan fingerprint density at radius 3 is 3.00 bits per heavy atom. The van der Waals surface area contributed by atoms with Gasteiger partial charge in [-0.05, 0) is 32.3 Å². The zero-order chi connectivity index (χ0) is 16.7. The summed E-state index contributed by atoms with van der Waals surface area (Å²) in [6, 6.07) is 1.72. The Morgan fingerprint density at radius 1 is 1.33 bits per heavy atom. The van der Waals surface area contributed by atoms with Gasteiger partial charge in [-0.2, -0.15) is 5.10 Å². The van der Waals surface area contributed by atoms with Gasteiger partial charge in [0.1, 0.15) is 11.3 Å². The van der Waals surface area contributed by atoms with Gasteiger partial charge in [-0.15, -0.1) is 0 Å². The van der Waals surface area contributed by atoms with Crippen LogP contribution >= 0.6 is 0 Å². The number of hydrogen-bond donors (Lipinski definition) is 1. The van der Waals surface area contributed by atoms with Gasteiger partial charge in [0.15, 0.2) is 11.5 Å². The molecule has 1 saturated heterocycles. The monoisotopic (exact) mass is 325 g/mol. The molecule has 0 aliphatic carbocycles. The largest absolute Gasteiger partial charge is 0.328 e. The van der Waals surface area contributed by atoms with Crippen LogP contribution < -0.4 is 0 Å². The molecule has 3 aromatic heterocycles. The molecule has 1 unspecified atom stereocenters. The van der Waals surface area contributed by atoms with Crippen molar-refractivity contribution in [2.75, 3.05) is 6.54 Å². The summed E-state index contributed by atoms with van der Waals surface area (Å²) in [5, 5.41) is 7.13. The number of H-pyrrole nitrogens is 1. The maximum absolute atomic E-state index is 13.0. The van der Waals surface area contributed by atoms with Crippen LogP contribution in [0.4, 0.5) is 0 Å². The van der Waals surface area contributed by atoms with Crippen molar-refractivity contribution in [3.05, 3.63) is 35.8 Å². The number of carbonyl (C=O) groups is 1. The predicted octanol–water partition coefficient (Wildman–Crippen LogP) is 1.76. The third-order valence-corrected chi connectivity index (χ3v) is 4.47. The zero-order valence-electron chi connectivity index (χ0n) is 13.7. The van der Waals surface area contributed by atoms with E-state index in [2.05, 4.69) is 25.1 Å². The van der Waals surface area contributed by atoms with Crippen molar-refractivity contribution in [2.24, 2.45) is 7.05 Å². The van der Waals surface area contributed by atoms with Crippen molar-refractivity contribution < 1.29 is 4.79 Å². The molecule has 24 heavy (non-hydrogen) atoms. The number of amides is 1. The molecular weight excluding hydrogens is 306 g/mol. The predicted molar refractivity (Wildman–Crippen MR) is 87.3 cm³/mol. The van der Waals surface area contributed by atoms with Gasteiger partial charge in [-0.1, -0.05) is 0 Å². The van der Waals surface area contributed by atoms with Crippen molar-refractivity contribution in [3.8, 4) is 0 Å². The molecule has 0 aromatic carbocycles. The molecular formula is C16H19N7O. The molecule has 0 radical (unpaired) electrons. The van der Waals surface area contributed by atoms with Gasteiger partial charge in [-0.25, -0.2) is 15.0 Å². The van der Waals surface area contributed by atoms with Gasteiger partial charge in [0, 0.05) is 19.8 Å². The average Bonchev–Trinajstić information content (AvgIpc) is 3.20. The van der Waals surface area contributed by atoms with Gasteiger partial charge >= 0.3 is 0 Å². The van der Waals surface area contributed by atoms with Crippen molar-refractivity contribution in [3.63, 3.8) is 0 Å². The summed E-state index contributed by atoms with van der Waals surface area (Å²) >= 11 is 0. The Morgan fingerprint density at radius 2 is 2.21 bits per heavy atom. The van der Waals surface area contributed by atoms with Crippen LogP contribution in [0.1, 0.15) is 47.3 Å². The number of pyridine rings is 1. The van der Waals surface area contributed by atoms with E-state index in [1.807, 2.05) is 23.4 Å². The smallest absolute Gasteiger partial charge is 0.256 e. The standard InChI is InChI=1S/C16H19N7O/c1-10-19-14(21-20-10)13-5-3-4-6-23(13)16(24)11-7-12-15(17-8-11)22(2)9-18-12/h7-9,13H,3-6H2,1-2H3,(H,19,20,21). The first-order chi connectivity index (χ1) is 11.6. The lowest BCUT2D eigenvalue weighted by molar-refractivity contribution is 0.0600. The summed E-state index contributed by atoms with van der Waals surface area (Å²) in [6.45, 7) is 2.57. The maximum atomic E-state index is 13.0. The van der Waals surface area contributed by atoms with Gasteiger partial charge in [-0.3, -0.25) is 9.89 Å². The van der Waals surface area contributed by atoms with Crippen LogP contribution in [-0.4, -0.2) is 47.1 Å². The van der Waals surface area contributed by atoms with E-state index in [-0.39, 0.29) is 11.9 Å². The van der Waals surface area contributed by atoms with E-state index in [4.69, 9.17) is 0 Å². The Kier molecular flexibility index (Phi) is 3.51. The lowest BCUT2D eigenvalue weighted by Crippen LogP contribution is -2.39. The van der Waals surface area contributed by atoms with Gasteiger partial charge in [0.2, 0.25) is 0 Å². The van der Waals surface area contributed by atoms with Crippen LogP contribution in [0.15, 0.2) is 18.6 Å². The number of hydrogen-bond acceptors (Lipinski definition) is 5. The molecule has 4 rings (SSSR count). The molecule has 0 bridgehead atoms. The molecule has 1 aliphatic heterocycles. The molecule has 124 valence electrons. The number of piperidine rings is 1. The lowest BCUT2D eigenvalue weighted by atomic mass is 10.0. The first-order valence-electron chi connectivity index (χ1n) is 8.10. The molecule has 4 heterocycles. The summed E-state index contributed by atoms with van der Waals surface area (Å²) < 4.78 is 1.84. The van der Waals surface area contributed by atoms with E-state index < -0.39 is 0 Å². The van der Waals surface area contributed by atoms with Crippen molar-refractivity contribution in [1.29, 1.82) is 0 Å². The molecule has 1 atom stereocenters. The summed E-state index contributed by atoms with van der Waals surface area (Å²) in [6.07, 6.45) is 6.26. The SMILES string of the molecule is Cc1nc(C2CCCCN2C(=O)c2cnc3c(c2)ncn3C)n[nH]1. The summed E-state index contributed by atoms with van der Waals surface area (Å²) in [4.78, 5) is 28.0. The highest BCUT2D eigenvalue weighted by atomic mass is 16.2. The van der Waals surface area contributed by atoms with Crippen LogP contribution in [0, 0.1) is 6.92 Å². The Balaban J connectivity index is 1.67. The molecule has 3 aromatic rings. The number of carbonyl (C=O) groups excluding carboxylic acids is 1. The topological polar surface area (TPSA) is 92.6 Å². The highest BCUT2D eigenvalue weighted by Crippen LogP contribution is 2.30. The Hall–Kier alpha value is -2.77. The second-order valence-corrected chi connectivity index (χ2v) is 6.21. The third-order valence-electron chi connectivity index (χ3n) is 4.47. The third kappa shape index (κ3) is 2.44. The second kappa shape index (κ2) is 5.70. The zero-order valence-corrected chi connectivity index (χ0v) is 13.7. The number of imidazole rings is 1. The number of fused-ring (bicyclic) bond motifs is 1. The Bertz CT molecular complexity index is 897. The summed E-state index contributed by atoms with van der Waals surface area (Å²) in [5.74, 6) is 1.41. The molecule has 1 aliphatic rings. The number of aromatic nitrogens is 6. The van der Waals surface area contributed by atoms with E-state index in [0.717, 1.165) is 36.3 Å². The van der Waals surface area contributed by atoms with Crippen molar-refractivity contribution in [1.82, 2.24) is 34.6 Å². The minimum absolute atomic E-state index is 0.0396. The van der Waals surface area contributed by atoms with Gasteiger partial charge in [0.25, 0.3) is 5.91 Å². The number of nitrogens with zero attached hydrogens (tertiary/aromatic N) is 6. The van der Waals surface area contributed by atoms with Crippen LogP contribution in [0.25, 0.3) is 11.2 Å². The minimum Gasteiger partial charge on any atom is -0.328 e. The first kappa shape index (κ1) is 14.8. The number of nitrogens with one attached hydrogen (secondary N) is 1. The van der Waals surface area contributed by atoms with Crippen molar-refractivity contribution in [2.45, 2.75) is 32.2 Å². The molecule has 8 heteroatoms. The van der Waals surface area contributed by atoms with Crippen LogP contribution in [0.2, 0.25) is 0 Å². The average molecular weight is 325 g/mol. The minimum atomic E-state index is -0.0874. The fourth-order valence-electron chi connectivity index (χ4n) is 3.25.